The van der Waals surface area contributed by atoms with Crippen LogP contribution in [0.1, 0.15) is 31.2 Å². The number of carbonyl (C=O) groups excluding carboxylic acids is 1. The first-order chi connectivity index (χ1) is 10.8. The molecular formula is C17H26N2O3S. The van der Waals surface area contributed by atoms with Crippen LogP contribution < -0.4 is 5.32 Å². The van der Waals surface area contributed by atoms with Crippen molar-refractivity contribution in [2.24, 2.45) is 0 Å². The number of benzene rings is 1. The standard InChI is InChI=1S/C17H26N2O3S/c1-14-6-8-15(9-7-14)23(21,22)17(10-4-5-11-17)16(20)19(3)13-12-18-2/h6-9,18H,4-5,10-13H2,1-3H3. The Hall–Kier alpha value is -1.40. The number of sulfone groups is 1. The highest BCUT2D eigenvalue weighted by Gasteiger charge is 2.53. The second-order valence-corrected chi connectivity index (χ2v) is 8.61. The van der Waals surface area contributed by atoms with E-state index in [1.807, 2.05) is 14.0 Å². The Balaban J connectivity index is 2.40. The summed E-state index contributed by atoms with van der Waals surface area (Å²) >= 11 is 0. The van der Waals surface area contributed by atoms with E-state index in [9.17, 15) is 13.2 Å². The molecular weight excluding hydrogens is 312 g/mol. The van der Waals surface area contributed by atoms with Crippen LogP contribution in [0.5, 0.6) is 0 Å². The van der Waals surface area contributed by atoms with Gasteiger partial charge in [0.1, 0.15) is 0 Å². The molecule has 6 heteroatoms. The first-order valence-corrected chi connectivity index (χ1v) is 9.55. The number of hydrogen-bond acceptors (Lipinski definition) is 4. The van der Waals surface area contributed by atoms with Crippen molar-refractivity contribution in [3.05, 3.63) is 29.8 Å². The quantitative estimate of drug-likeness (QED) is 0.858. The van der Waals surface area contributed by atoms with E-state index in [1.54, 1.807) is 36.2 Å². The normalized spacial score (nSPS) is 17.2. The Labute approximate surface area is 139 Å². The lowest BCUT2D eigenvalue weighted by molar-refractivity contribution is -0.132. The van der Waals surface area contributed by atoms with Crippen LogP contribution >= 0.6 is 0 Å². The molecule has 0 saturated heterocycles. The summed E-state index contributed by atoms with van der Waals surface area (Å²) < 4.78 is 25.1. The van der Waals surface area contributed by atoms with Gasteiger partial charge < -0.3 is 10.2 Å². The number of likely N-dealkylation sites (N-methyl/N-ethyl adjacent to an activating group) is 2. The van der Waals surface area contributed by atoms with E-state index in [2.05, 4.69) is 5.32 Å². The SMILES string of the molecule is CNCCN(C)C(=O)C1(S(=O)(=O)c2ccc(C)cc2)CCCC1. The molecule has 1 aliphatic rings. The van der Waals surface area contributed by atoms with Gasteiger partial charge in [-0.05, 0) is 38.9 Å². The molecule has 0 radical (unpaired) electrons. The molecule has 0 heterocycles. The summed E-state index contributed by atoms with van der Waals surface area (Å²) in [7, 11) is -0.201. The van der Waals surface area contributed by atoms with Crippen LogP contribution in [0.25, 0.3) is 0 Å². The summed E-state index contributed by atoms with van der Waals surface area (Å²) in [6, 6.07) is 6.80. The highest BCUT2D eigenvalue weighted by molar-refractivity contribution is 7.93. The van der Waals surface area contributed by atoms with Crippen LogP contribution in [-0.2, 0) is 14.6 Å². The van der Waals surface area contributed by atoms with Crippen molar-refractivity contribution in [1.29, 1.82) is 0 Å². The van der Waals surface area contributed by atoms with Crippen molar-refractivity contribution in [1.82, 2.24) is 10.2 Å². The topological polar surface area (TPSA) is 66.5 Å². The number of nitrogens with zero attached hydrogens (tertiary/aromatic N) is 1. The molecule has 0 aromatic heterocycles. The molecule has 1 saturated carbocycles. The largest absolute Gasteiger partial charge is 0.343 e. The molecule has 1 fully saturated rings. The minimum atomic E-state index is -3.70. The molecule has 1 amide bonds. The van der Waals surface area contributed by atoms with Gasteiger partial charge in [-0.3, -0.25) is 4.79 Å². The van der Waals surface area contributed by atoms with Crippen LogP contribution in [0, 0.1) is 6.92 Å². The first-order valence-electron chi connectivity index (χ1n) is 8.06. The summed E-state index contributed by atoms with van der Waals surface area (Å²) in [4.78, 5) is 14.8. The second-order valence-electron chi connectivity index (χ2n) is 6.35. The van der Waals surface area contributed by atoms with E-state index < -0.39 is 14.6 Å². The Kier molecular flexibility index (Phi) is 5.47. The minimum absolute atomic E-state index is 0.250. The van der Waals surface area contributed by atoms with Gasteiger partial charge in [0.15, 0.2) is 14.6 Å². The summed E-state index contributed by atoms with van der Waals surface area (Å²) in [6.45, 7) is 3.06. The molecule has 0 unspecified atom stereocenters. The number of nitrogens with one attached hydrogen (secondary N) is 1. The van der Waals surface area contributed by atoms with E-state index in [1.165, 1.54) is 0 Å². The Morgan fingerprint density at radius 2 is 1.78 bits per heavy atom. The molecule has 128 valence electrons. The lowest BCUT2D eigenvalue weighted by Gasteiger charge is -2.32. The number of amides is 1. The summed E-state index contributed by atoms with van der Waals surface area (Å²) in [5.41, 5.74) is 1.00. The number of aryl methyl sites for hydroxylation is 1. The lowest BCUT2D eigenvalue weighted by atomic mass is 10.1. The molecule has 2 rings (SSSR count). The van der Waals surface area contributed by atoms with Gasteiger partial charge in [-0.15, -0.1) is 0 Å². The molecule has 0 spiro atoms. The van der Waals surface area contributed by atoms with E-state index >= 15 is 0 Å². The Bertz CT molecular complexity index is 647. The average Bonchev–Trinajstić information content (AvgIpc) is 3.03. The first kappa shape index (κ1) is 17.9. The monoisotopic (exact) mass is 338 g/mol. The van der Waals surface area contributed by atoms with Crippen LogP contribution in [0.3, 0.4) is 0 Å². The third kappa shape index (κ3) is 3.28. The van der Waals surface area contributed by atoms with Crippen molar-refractivity contribution in [3.8, 4) is 0 Å². The lowest BCUT2D eigenvalue weighted by Crippen LogP contribution is -2.52. The van der Waals surface area contributed by atoms with Crippen molar-refractivity contribution in [2.45, 2.75) is 42.2 Å². The summed E-state index contributed by atoms with van der Waals surface area (Å²) in [6.07, 6.45) is 2.37. The maximum Gasteiger partial charge on any atom is 0.244 e. The van der Waals surface area contributed by atoms with Gasteiger partial charge >= 0.3 is 0 Å². The van der Waals surface area contributed by atoms with Gasteiger partial charge in [0.05, 0.1) is 4.90 Å². The highest BCUT2D eigenvalue weighted by Crippen LogP contribution is 2.41. The molecule has 0 atom stereocenters. The fourth-order valence-electron chi connectivity index (χ4n) is 3.22. The maximum absolute atomic E-state index is 13.2. The summed E-state index contributed by atoms with van der Waals surface area (Å²) in [5, 5.41) is 2.99. The van der Waals surface area contributed by atoms with Crippen LogP contribution in [0.4, 0.5) is 0 Å². The molecule has 1 aromatic carbocycles. The van der Waals surface area contributed by atoms with Gasteiger partial charge in [0.25, 0.3) is 0 Å². The molecule has 1 aliphatic carbocycles. The third-order valence-electron chi connectivity index (χ3n) is 4.69. The van der Waals surface area contributed by atoms with Crippen molar-refractivity contribution >= 4 is 15.7 Å². The fourth-order valence-corrected chi connectivity index (χ4v) is 5.37. The molecule has 5 nitrogen and oxygen atoms in total. The molecule has 1 aromatic rings. The van der Waals surface area contributed by atoms with Crippen molar-refractivity contribution < 1.29 is 13.2 Å². The predicted molar refractivity (Wildman–Crippen MR) is 91.1 cm³/mol. The van der Waals surface area contributed by atoms with Crippen LogP contribution in [0.15, 0.2) is 29.2 Å². The smallest absolute Gasteiger partial charge is 0.244 e. The van der Waals surface area contributed by atoms with E-state index in [0.29, 0.717) is 25.9 Å². The van der Waals surface area contributed by atoms with Crippen molar-refractivity contribution in [2.75, 3.05) is 27.2 Å². The molecule has 0 aliphatic heterocycles. The summed E-state index contributed by atoms with van der Waals surface area (Å²) in [5.74, 6) is -0.272. The fraction of sp³-hybridized carbons (Fsp3) is 0.588. The number of rotatable bonds is 6. The predicted octanol–water partition coefficient (Wildman–Crippen LogP) is 1.76. The van der Waals surface area contributed by atoms with E-state index in [-0.39, 0.29) is 10.8 Å². The van der Waals surface area contributed by atoms with Gasteiger partial charge in [0.2, 0.25) is 5.91 Å². The zero-order chi connectivity index (χ0) is 17.1. The van der Waals surface area contributed by atoms with Crippen LogP contribution in [-0.4, -0.2) is 51.2 Å². The Morgan fingerprint density at radius 1 is 1.22 bits per heavy atom. The van der Waals surface area contributed by atoms with Crippen molar-refractivity contribution in [3.63, 3.8) is 0 Å². The number of carbonyl (C=O) groups is 1. The Morgan fingerprint density at radius 3 is 2.30 bits per heavy atom. The van der Waals surface area contributed by atoms with Gasteiger partial charge in [-0.1, -0.05) is 30.5 Å². The maximum atomic E-state index is 13.2. The average molecular weight is 338 g/mol. The molecule has 23 heavy (non-hydrogen) atoms. The van der Waals surface area contributed by atoms with Gasteiger partial charge in [-0.25, -0.2) is 8.42 Å². The zero-order valence-electron chi connectivity index (χ0n) is 14.1. The third-order valence-corrected chi connectivity index (χ3v) is 7.20. The van der Waals surface area contributed by atoms with Gasteiger partial charge in [0, 0.05) is 20.1 Å². The minimum Gasteiger partial charge on any atom is -0.343 e. The molecule has 1 N–H and O–H groups in total. The van der Waals surface area contributed by atoms with E-state index in [0.717, 1.165) is 18.4 Å². The number of hydrogen-bond donors (Lipinski definition) is 1. The highest BCUT2D eigenvalue weighted by atomic mass is 32.2. The van der Waals surface area contributed by atoms with Gasteiger partial charge in [-0.2, -0.15) is 0 Å². The zero-order valence-corrected chi connectivity index (χ0v) is 14.9. The van der Waals surface area contributed by atoms with Crippen LogP contribution in [0.2, 0.25) is 0 Å². The second kappa shape index (κ2) is 7.01. The molecule has 0 bridgehead atoms. The van der Waals surface area contributed by atoms with E-state index in [4.69, 9.17) is 0 Å².